The normalized spacial score (nSPS) is 12.0. The van der Waals surface area contributed by atoms with Crippen LogP contribution in [0, 0.1) is 6.92 Å². The van der Waals surface area contributed by atoms with Gasteiger partial charge in [0.15, 0.2) is 11.7 Å². The standard InChI is InChI=1S/C21H20Cl2N2O2/c1-13-5-3-4-6-16(13)14(2)25-20(26)9-10-21-24-12-19(27-21)17-8-7-15(22)11-18(17)23/h3-8,11-12,14H,9-10H2,1-2H3,(H,25,26). The first kappa shape index (κ1) is 19.5. The summed E-state index contributed by atoms with van der Waals surface area (Å²) in [5.41, 5.74) is 2.99. The molecule has 2 aromatic carbocycles. The first-order valence-corrected chi connectivity index (χ1v) is 9.44. The van der Waals surface area contributed by atoms with Gasteiger partial charge in [0.2, 0.25) is 5.91 Å². The quantitative estimate of drug-likeness (QED) is 0.569. The second-order valence-electron chi connectivity index (χ2n) is 6.39. The number of hydrogen-bond acceptors (Lipinski definition) is 3. The zero-order valence-electron chi connectivity index (χ0n) is 15.1. The van der Waals surface area contributed by atoms with Crippen LogP contribution in [0.1, 0.15) is 36.4 Å². The summed E-state index contributed by atoms with van der Waals surface area (Å²) in [6, 6.07) is 13.1. The molecule has 0 radical (unpaired) electrons. The highest BCUT2D eigenvalue weighted by Crippen LogP contribution is 2.30. The zero-order valence-corrected chi connectivity index (χ0v) is 16.6. The van der Waals surface area contributed by atoms with Gasteiger partial charge in [0, 0.05) is 23.4 Å². The maximum atomic E-state index is 12.3. The molecule has 1 atom stereocenters. The lowest BCUT2D eigenvalue weighted by Crippen LogP contribution is -2.27. The lowest BCUT2D eigenvalue weighted by atomic mass is 10.0. The van der Waals surface area contributed by atoms with Crippen molar-refractivity contribution in [3.63, 3.8) is 0 Å². The number of rotatable bonds is 6. The summed E-state index contributed by atoms with van der Waals surface area (Å²) in [5.74, 6) is 1.00. The van der Waals surface area contributed by atoms with Gasteiger partial charge in [-0.3, -0.25) is 4.79 Å². The van der Waals surface area contributed by atoms with Gasteiger partial charge in [-0.2, -0.15) is 0 Å². The molecular formula is C21H20Cl2N2O2. The molecule has 0 aliphatic rings. The van der Waals surface area contributed by atoms with Crippen LogP contribution in [0.4, 0.5) is 0 Å². The van der Waals surface area contributed by atoms with Crippen molar-refractivity contribution in [2.45, 2.75) is 32.7 Å². The van der Waals surface area contributed by atoms with Crippen LogP contribution in [0.3, 0.4) is 0 Å². The topological polar surface area (TPSA) is 55.1 Å². The molecule has 0 bridgehead atoms. The molecule has 0 spiro atoms. The first-order chi connectivity index (χ1) is 12.9. The van der Waals surface area contributed by atoms with Gasteiger partial charge in [-0.25, -0.2) is 4.98 Å². The smallest absolute Gasteiger partial charge is 0.220 e. The Kier molecular flexibility index (Phi) is 6.19. The predicted octanol–water partition coefficient (Wildman–Crippen LogP) is 5.77. The average molecular weight is 403 g/mol. The minimum absolute atomic E-state index is 0.0463. The molecule has 0 saturated heterocycles. The van der Waals surface area contributed by atoms with Gasteiger partial charge in [0.1, 0.15) is 0 Å². The highest BCUT2D eigenvalue weighted by Gasteiger charge is 2.14. The molecule has 3 rings (SSSR count). The molecule has 6 heteroatoms. The summed E-state index contributed by atoms with van der Waals surface area (Å²) >= 11 is 12.1. The van der Waals surface area contributed by atoms with Gasteiger partial charge in [0.25, 0.3) is 0 Å². The number of hydrogen-bond donors (Lipinski definition) is 1. The largest absolute Gasteiger partial charge is 0.441 e. The average Bonchev–Trinajstić information content (AvgIpc) is 3.09. The van der Waals surface area contributed by atoms with Gasteiger partial charge in [-0.1, -0.05) is 47.5 Å². The molecule has 4 nitrogen and oxygen atoms in total. The van der Waals surface area contributed by atoms with E-state index in [2.05, 4.69) is 10.3 Å². The second kappa shape index (κ2) is 8.59. The molecular weight excluding hydrogens is 383 g/mol. The second-order valence-corrected chi connectivity index (χ2v) is 7.23. The first-order valence-electron chi connectivity index (χ1n) is 8.69. The Labute approximate surface area is 168 Å². The lowest BCUT2D eigenvalue weighted by Gasteiger charge is -2.16. The van der Waals surface area contributed by atoms with E-state index in [1.54, 1.807) is 24.4 Å². The maximum absolute atomic E-state index is 12.3. The molecule has 0 aliphatic carbocycles. The molecule has 1 aromatic heterocycles. The number of carbonyl (C=O) groups excluding carboxylic acids is 1. The Morgan fingerprint density at radius 1 is 1.22 bits per heavy atom. The van der Waals surface area contributed by atoms with E-state index in [4.69, 9.17) is 27.6 Å². The van der Waals surface area contributed by atoms with E-state index in [9.17, 15) is 4.79 Å². The Morgan fingerprint density at radius 2 is 2.00 bits per heavy atom. The number of halogens is 2. The summed E-state index contributed by atoms with van der Waals surface area (Å²) in [6.45, 7) is 4.01. The molecule has 140 valence electrons. The monoisotopic (exact) mass is 402 g/mol. The van der Waals surface area contributed by atoms with Crippen LogP contribution < -0.4 is 5.32 Å². The number of amides is 1. The SMILES string of the molecule is Cc1ccccc1C(C)NC(=O)CCc1ncc(-c2ccc(Cl)cc2Cl)o1. The fraction of sp³-hybridized carbons (Fsp3) is 0.238. The van der Waals surface area contributed by atoms with E-state index in [0.29, 0.717) is 34.5 Å². The van der Waals surface area contributed by atoms with Gasteiger partial charge in [-0.15, -0.1) is 0 Å². The number of nitrogens with zero attached hydrogens (tertiary/aromatic N) is 1. The summed E-state index contributed by atoms with van der Waals surface area (Å²) in [5, 5.41) is 4.07. The molecule has 0 saturated carbocycles. The van der Waals surface area contributed by atoms with Crippen molar-refractivity contribution in [3.05, 3.63) is 75.7 Å². The van der Waals surface area contributed by atoms with E-state index in [1.165, 1.54) is 0 Å². The van der Waals surface area contributed by atoms with Crippen molar-refractivity contribution in [2.24, 2.45) is 0 Å². The van der Waals surface area contributed by atoms with Crippen molar-refractivity contribution < 1.29 is 9.21 Å². The van der Waals surface area contributed by atoms with Crippen LogP contribution in [0.15, 0.2) is 53.1 Å². The number of nitrogens with one attached hydrogen (secondary N) is 1. The fourth-order valence-corrected chi connectivity index (χ4v) is 3.43. The molecule has 27 heavy (non-hydrogen) atoms. The summed E-state index contributed by atoms with van der Waals surface area (Å²) < 4.78 is 5.73. The van der Waals surface area contributed by atoms with E-state index >= 15 is 0 Å². The predicted molar refractivity (Wildman–Crippen MR) is 108 cm³/mol. The van der Waals surface area contributed by atoms with Crippen LogP contribution in [-0.2, 0) is 11.2 Å². The minimum atomic E-state index is -0.0494. The van der Waals surface area contributed by atoms with Crippen molar-refractivity contribution in [1.29, 1.82) is 0 Å². The van der Waals surface area contributed by atoms with Crippen LogP contribution in [0.5, 0.6) is 0 Å². The number of carbonyl (C=O) groups is 1. The third kappa shape index (κ3) is 4.90. The third-order valence-corrected chi connectivity index (χ3v) is 4.90. The highest BCUT2D eigenvalue weighted by molar-refractivity contribution is 6.36. The van der Waals surface area contributed by atoms with Crippen LogP contribution in [0.25, 0.3) is 11.3 Å². The molecule has 1 heterocycles. The summed E-state index contributed by atoms with van der Waals surface area (Å²) in [7, 11) is 0. The summed E-state index contributed by atoms with van der Waals surface area (Å²) in [6.07, 6.45) is 2.32. The van der Waals surface area contributed by atoms with E-state index in [-0.39, 0.29) is 11.9 Å². The fourth-order valence-electron chi connectivity index (χ4n) is 2.92. The molecule has 0 aliphatic heterocycles. The molecule has 1 N–H and O–H groups in total. The van der Waals surface area contributed by atoms with Gasteiger partial charge < -0.3 is 9.73 Å². The van der Waals surface area contributed by atoms with Crippen LogP contribution in [0.2, 0.25) is 10.0 Å². The Morgan fingerprint density at radius 3 is 2.74 bits per heavy atom. The van der Waals surface area contributed by atoms with E-state index < -0.39 is 0 Å². The highest BCUT2D eigenvalue weighted by atomic mass is 35.5. The molecule has 1 unspecified atom stereocenters. The number of oxazole rings is 1. The number of benzene rings is 2. The van der Waals surface area contributed by atoms with Gasteiger partial charge >= 0.3 is 0 Å². The minimum Gasteiger partial charge on any atom is -0.441 e. The van der Waals surface area contributed by atoms with Crippen molar-refractivity contribution in [2.75, 3.05) is 0 Å². The Bertz CT molecular complexity index is 953. The third-order valence-electron chi connectivity index (χ3n) is 4.35. The Balaban J connectivity index is 1.58. The van der Waals surface area contributed by atoms with Crippen molar-refractivity contribution >= 4 is 29.1 Å². The Hall–Kier alpha value is -2.30. The molecule has 0 fully saturated rings. The van der Waals surface area contributed by atoms with Crippen LogP contribution in [-0.4, -0.2) is 10.9 Å². The maximum Gasteiger partial charge on any atom is 0.220 e. The van der Waals surface area contributed by atoms with E-state index in [0.717, 1.165) is 16.7 Å². The summed E-state index contributed by atoms with van der Waals surface area (Å²) in [4.78, 5) is 16.5. The van der Waals surface area contributed by atoms with Crippen molar-refractivity contribution in [3.8, 4) is 11.3 Å². The molecule has 3 aromatic rings. The van der Waals surface area contributed by atoms with Crippen LogP contribution >= 0.6 is 23.2 Å². The zero-order chi connectivity index (χ0) is 19.4. The van der Waals surface area contributed by atoms with E-state index in [1.807, 2.05) is 38.1 Å². The van der Waals surface area contributed by atoms with Gasteiger partial charge in [-0.05, 0) is 43.2 Å². The molecule has 1 amide bonds. The van der Waals surface area contributed by atoms with Crippen molar-refractivity contribution in [1.82, 2.24) is 10.3 Å². The number of aryl methyl sites for hydroxylation is 2. The number of aromatic nitrogens is 1. The lowest BCUT2D eigenvalue weighted by molar-refractivity contribution is -0.121. The van der Waals surface area contributed by atoms with Gasteiger partial charge in [0.05, 0.1) is 17.3 Å².